The number of hydrogen-bond donors (Lipinski definition) is 0. The van der Waals surface area contributed by atoms with Crippen LogP contribution < -0.4 is 0 Å². The van der Waals surface area contributed by atoms with Gasteiger partial charge in [-0.15, -0.1) is 0 Å². The Balaban J connectivity index is 0.000000280. The van der Waals surface area contributed by atoms with Crippen LogP contribution in [0, 0.1) is 0 Å². The molecule has 7 nitrogen and oxygen atoms in total. The van der Waals surface area contributed by atoms with Crippen molar-refractivity contribution >= 4 is 18.0 Å². The third kappa shape index (κ3) is 9.76. The van der Waals surface area contributed by atoms with E-state index in [4.69, 9.17) is 9.47 Å². The van der Waals surface area contributed by atoms with Crippen LogP contribution in [0.25, 0.3) is 0 Å². The smallest absolute Gasteiger partial charge is 0.410 e. The second-order valence-electron chi connectivity index (χ2n) is 9.23. The first-order valence-electron chi connectivity index (χ1n) is 9.90. The summed E-state index contributed by atoms with van der Waals surface area (Å²) < 4.78 is 10.5. The van der Waals surface area contributed by atoms with Crippen molar-refractivity contribution in [3.8, 4) is 0 Å². The van der Waals surface area contributed by atoms with Gasteiger partial charge in [0, 0.05) is 39.0 Å². The standard InChI is InChI=1S/C11H19NO2.C10H17NO3/c1-9-5-7-12(8-6-9)10(13)14-11(2,3)4;1-10(2,3)14-9(13)11-6-4-8(12)5-7-11/h5H,6-8H2,1-4H3;4-7H2,1-3H3. The molecule has 0 bridgehead atoms. The zero-order valence-corrected chi connectivity index (χ0v) is 18.5. The first kappa shape index (κ1) is 24.0. The van der Waals surface area contributed by atoms with Crippen molar-refractivity contribution in [2.75, 3.05) is 26.2 Å². The summed E-state index contributed by atoms with van der Waals surface area (Å²) in [5, 5.41) is 0. The Morgan fingerprint density at radius 2 is 1.25 bits per heavy atom. The van der Waals surface area contributed by atoms with Crippen molar-refractivity contribution in [2.24, 2.45) is 0 Å². The molecule has 2 amide bonds. The fourth-order valence-corrected chi connectivity index (χ4v) is 2.53. The molecule has 7 heteroatoms. The van der Waals surface area contributed by atoms with Gasteiger partial charge in [-0.25, -0.2) is 9.59 Å². The van der Waals surface area contributed by atoms with E-state index in [0.29, 0.717) is 32.5 Å². The van der Waals surface area contributed by atoms with Crippen molar-refractivity contribution in [2.45, 2.75) is 78.9 Å². The van der Waals surface area contributed by atoms with Gasteiger partial charge in [0.1, 0.15) is 17.0 Å². The monoisotopic (exact) mass is 396 g/mol. The average molecular weight is 397 g/mol. The lowest BCUT2D eigenvalue weighted by Crippen LogP contribution is -2.41. The van der Waals surface area contributed by atoms with E-state index in [1.54, 1.807) is 9.80 Å². The highest BCUT2D eigenvalue weighted by Gasteiger charge is 2.25. The Hall–Kier alpha value is -2.05. The number of carbonyl (C=O) groups is 3. The fraction of sp³-hybridized carbons (Fsp3) is 0.762. The van der Waals surface area contributed by atoms with Gasteiger partial charge in [-0.3, -0.25) is 4.79 Å². The molecule has 0 saturated carbocycles. The Morgan fingerprint density at radius 1 is 0.821 bits per heavy atom. The van der Waals surface area contributed by atoms with E-state index < -0.39 is 11.2 Å². The molecule has 2 rings (SSSR count). The van der Waals surface area contributed by atoms with Crippen molar-refractivity contribution in [1.29, 1.82) is 0 Å². The maximum absolute atomic E-state index is 11.6. The van der Waals surface area contributed by atoms with E-state index in [1.165, 1.54) is 5.57 Å². The van der Waals surface area contributed by atoms with Gasteiger partial charge in [-0.05, 0) is 54.9 Å². The van der Waals surface area contributed by atoms with E-state index in [9.17, 15) is 14.4 Å². The topological polar surface area (TPSA) is 76.2 Å². The number of ether oxygens (including phenoxy) is 2. The number of likely N-dealkylation sites (tertiary alicyclic amines) is 1. The van der Waals surface area contributed by atoms with Crippen molar-refractivity contribution < 1.29 is 23.9 Å². The van der Waals surface area contributed by atoms with Gasteiger partial charge in [0.05, 0.1) is 0 Å². The number of amides is 2. The third-order valence-electron chi connectivity index (χ3n) is 4.06. The molecule has 0 spiro atoms. The number of nitrogens with zero attached hydrogens (tertiary/aromatic N) is 2. The SMILES string of the molecule is CC(C)(C)OC(=O)N1CCC(=O)CC1.CC1=CCN(C(=O)OC(C)(C)C)CC1. The molecule has 1 saturated heterocycles. The summed E-state index contributed by atoms with van der Waals surface area (Å²) in [5.41, 5.74) is 0.496. The van der Waals surface area contributed by atoms with Crippen molar-refractivity contribution in [3.63, 3.8) is 0 Å². The van der Waals surface area contributed by atoms with Crippen LogP contribution in [-0.2, 0) is 14.3 Å². The highest BCUT2D eigenvalue weighted by atomic mass is 16.6. The van der Waals surface area contributed by atoms with Crippen LogP contribution in [0.5, 0.6) is 0 Å². The number of rotatable bonds is 0. The lowest BCUT2D eigenvalue weighted by Gasteiger charge is -2.29. The van der Waals surface area contributed by atoms with Gasteiger partial charge in [-0.2, -0.15) is 0 Å². The number of carbonyl (C=O) groups excluding carboxylic acids is 3. The number of piperidine rings is 1. The largest absolute Gasteiger partial charge is 0.444 e. The molecule has 0 N–H and O–H groups in total. The molecule has 0 aromatic rings. The molecule has 0 radical (unpaired) electrons. The van der Waals surface area contributed by atoms with Gasteiger partial charge in [-0.1, -0.05) is 11.6 Å². The van der Waals surface area contributed by atoms with Crippen LogP contribution in [0.1, 0.15) is 67.7 Å². The molecular formula is C21H36N2O5. The molecule has 2 heterocycles. The summed E-state index contributed by atoms with van der Waals surface area (Å²) in [7, 11) is 0. The predicted molar refractivity (Wildman–Crippen MR) is 108 cm³/mol. The van der Waals surface area contributed by atoms with Crippen LogP contribution in [0.2, 0.25) is 0 Å². The third-order valence-corrected chi connectivity index (χ3v) is 4.06. The summed E-state index contributed by atoms with van der Waals surface area (Å²) in [6.45, 7) is 15.7. The molecule has 2 aliphatic heterocycles. The van der Waals surface area contributed by atoms with Crippen LogP contribution in [-0.4, -0.2) is 65.2 Å². The maximum atomic E-state index is 11.6. The summed E-state index contributed by atoms with van der Waals surface area (Å²) in [4.78, 5) is 37.4. The van der Waals surface area contributed by atoms with Crippen molar-refractivity contribution in [1.82, 2.24) is 9.80 Å². The molecule has 0 aromatic heterocycles. The van der Waals surface area contributed by atoms with Gasteiger partial charge in [0.2, 0.25) is 0 Å². The lowest BCUT2D eigenvalue weighted by atomic mass is 10.1. The average Bonchev–Trinajstić information content (AvgIpc) is 2.53. The van der Waals surface area contributed by atoms with Gasteiger partial charge >= 0.3 is 12.2 Å². The minimum absolute atomic E-state index is 0.207. The van der Waals surface area contributed by atoms with Gasteiger partial charge in [0.25, 0.3) is 0 Å². The second-order valence-corrected chi connectivity index (χ2v) is 9.23. The summed E-state index contributed by atoms with van der Waals surface area (Å²) in [5.74, 6) is 0.227. The Kier molecular flexibility index (Phi) is 8.51. The zero-order valence-electron chi connectivity index (χ0n) is 18.5. The van der Waals surface area contributed by atoms with E-state index in [2.05, 4.69) is 13.0 Å². The van der Waals surface area contributed by atoms with E-state index in [-0.39, 0.29) is 18.0 Å². The number of ketones is 1. The van der Waals surface area contributed by atoms with Crippen LogP contribution in [0.4, 0.5) is 9.59 Å². The minimum Gasteiger partial charge on any atom is -0.444 e. The highest BCUT2D eigenvalue weighted by molar-refractivity contribution is 5.81. The van der Waals surface area contributed by atoms with Crippen LogP contribution in [0.15, 0.2) is 11.6 Å². The van der Waals surface area contributed by atoms with E-state index in [1.807, 2.05) is 41.5 Å². The molecule has 2 aliphatic rings. The molecule has 0 aliphatic carbocycles. The summed E-state index contributed by atoms with van der Waals surface area (Å²) >= 11 is 0. The number of Topliss-reactive ketones (excluding diaryl/α,β-unsaturated/α-hetero) is 1. The Bertz CT molecular complexity index is 589. The molecule has 28 heavy (non-hydrogen) atoms. The summed E-state index contributed by atoms with van der Waals surface area (Å²) in [6.07, 6.45) is 3.43. The first-order chi connectivity index (χ1) is 12.8. The van der Waals surface area contributed by atoms with Crippen molar-refractivity contribution in [3.05, 3.63) is 11.6 Å². The number of hydrogen-bond acceptors (Lipinski definition) is 5. The maximum Gasteiger partial charge on any atom is 0.410 e. The molecule has 1 fully saturated rings. The predicted octanol–water partition coefficient (Wildman–Crippen LogP) is 4.16. The van der Waals surface area contributed by atoms with Crippen LogP contribution in [0.3, 0.4) is 0 Å². The first-order valence-corrected chi connectivity index (χ1v) is 9.90. The van der Waals surface area contributed by atoms with Gasteiger partial charge < -0.3 is 19.3 Å². The fourth-order valence-electron chi connectivity index (χ4n) is 2.53. The van der Waals surface area contributed by atoms with E-state index >= 15 is 0 Å². The Labute approximate surface area is 169 Å². The lowest BCUT2D eigenvalue weighted by molar-refractivity contribution is -0.121. The molecule has 0 unspecified atom stereocenters. The molecule has 160 valence electrons. The second kappa shape index (κ2) is 9.94. The molecular weight excluding hydrogens is 360 g/mol. The minimum atomic E-state index is -0.460. The van der Waals surface area contributed by atoms with Crippen LogP contribution >= 0.6 is 0 Å². The van der Waals surface area contributed by atoms with E-state index in [0.717, 1.165) is 13.0 Å². The highest BCUT2D eigenvalue weighted by Crippen LogP contribution is 2.15. The molecule has 0 atom stereocenters. The van der Waals surface area contributed by atoms with Gasteiger partial charge in [0.15, 0.2) is 0 Å². The quantitative estimate of drug-likeness (QED) is 0.575. The Morgan fingerprint density at radius 3 is 1.64 bits per heavy atom. The summed E-state index contributed by atoms with van der Waals surface area (Å²) in [6, 6.07) is 0. The zero-order chi connectivity index (χ0) is 21.5. The normalized spacial score (nSPS) is 18.0. The molecule has 0 aromatic carbocycles.